The van der Waals surface area contributed by atoms with Gasteiger partial charge in [-0.3, -0.25) is 4.79 Å². The van der Waals surface area contributed by atoms with E-state index in [9.17, 15) is 9.90 Å². The van der Waals surface area contributed by atoms with Crippen molar-refractivity contribution in [3.63, 3.8) is 0 Å². The zero-order valence-corrected chi connectivity index (χ0v) is 19.6. The Morgan fingerprint density at radius 1 is 1.19 bits per heavy atom. The standard InChI is InChI=1S/C22H21BrN4O3S/c1-13-8-14(2)26-22(25-13)31-12-15-4-6-17(7-5-15)21(29)27-24-11-16-9-18(23)20(28)19(10-16)30-3/h4-11,28H,12H2,1-3H3,(H,27,29). The molecule has 1 heterocycles. The number of thioether (sulfide) groups is 1. The monoisotopic (exact) mass is 500 g/mol. The number of aromatic hydroxyl groups is 1. The number of ether oxygens (including phenoxy) is 1. The Labute approximate surface area is 193 Å². The van der Waals surface area contributed by atoms with E-state index >= 15 is 0 Å². The first kappa shape index (κ1) is 22.8. The van der Waals surface area contributed by atoms with Gasteiger partial charge in [0, 0.05) is 22.7 Å². The number of carbonyl (C=O) groups excluding carboxylic acids is 1. The van der Waals surface area contributed by atoms with E-state index in [1.54, 1.807) is 36.0 Å². The minimum Gasteiger partial charge on any atom is -0.503 e. The highest BCUT2D eigenvalue weighted by Gasteiger charge is 2.08. The van der Waals surface area contributed by atoms with Gasteiger partial charge in [-0.25, -0.2) is 15.4 Å². The van der Waals surface area contributed by atoms with E-state index in [2.05, 4.69) is 36.4 Å². The average molecular weight is 501 g/mol. The maximum atomic E-state index is 12.3. The SMILES string of the molecule is COc1cc(C=NNC(=O)c2ccc(CSc3nc(C)cc(C)n3)cc2)cc(Br)c1O. The van der Waals surface area contributed by atoms with E-state index in [-0.39, 0.29) is 11.7 Å². The molecule has 1 aromatic heterocycles. The van der Waals surface area contributed by atoms with Gasteiger partial charge in [0.25, 0.3) is 5.91 Å². The molecule has 7 nitrogen and oxygen atoms in total. The minimum absolute atomic E-state index is 0.00559. The van der Waals surface area contributed by atoms with Gasteiger partial charge in [-0.05, 0) is 71.2 Å². The molecule has 0 saturated heterocycles. The van der Waals surface area contributed by atoms with Gasteiger partial charge in [-0.15, -0.1) is 0 Å². The second-order valence-electron chi connectivity index (χ2n) is 6.67. The van der Waals surface area contributed by atoms with Crippen molar-refractivity contribution in [1.29, 1.82) is 0 Å². The predicted molar refractivity (Wildman–Crippen MR) is 125 cm³/mol. The topological polar surface area (TPSA) is 96.7 Å². The summed E-state index contributed by atoms with van der Waals surface area (Å²) in [6.45, 7) is 3.90. The number of methoxy groups -OCH3 is 1. The van der Waals surface area contributed by atoms with E-state index in [0.717, 1.165) is 22.1 Å². The van der Waals surface area contributed by atoms with Gasteiger partial charge in [0.05, 0.1) is 17.8 Å². The van der Waals surface area contributed by atoms with Crippen molar-refractivity contribution >= 4 is 39.8 Å². The zero-order chi connectivity index (χ0) is 22.4. The molecule has 0 radical (unpaired) electrons. The summed E-state index contributed by atoms with van der Waals surface area (Å²) in [5, 5.41) is 14.6. The van der Waals surface area contributed by atoms with Gasteiger partial charge in [-0.2, -0.15) is 5.10 Å². The number of amides is 1. The minimum atomic E-state index is -0.321. The third kappa shape index (κ3) is 6.28. The summed E-state index contributed by atoms with van der Waals surface area (Å²) >= 11 is 4.80. The average Bonchev–Trinajstić information content (AvgIpc) is 2.74. The third-order valence-corrected chi connectivity index (χ3v) is 5.72. The highest BCUT2D eigenvalue weighted by atomic mass is 79.9. The second kappa shape index (κ2) is 10.4. The van der Waals surface area contributed by atoms with E-state index in [0.29, 0.717) is 27.1 Å². The number of phenols is 1. The molecule has 31 heavy (non-hydrogen) atoms. The molecule has 9 heteroatoms. The van der Waals surface area contributed by atoms with Crippen LogP contribution < -0.4 is 10.2 Å². The van der Waals surface area contributed by atoms with Gasteiger partial charge in [0.2, 0.25) is 0 Å². The highest BCUT2D eigenvalue weighted by Crippen LogP contribution is 2.34. The maximum absolute atomic E-state index is 12.3. The number of nitrogens with zero attached hydrogens (tertiary/aromatic N) is 3. The number of halogens is 1. The number of aryl methyl sites for hydroxylation is 2. The van der Waals surface area contributed by atoms with Crippen LogP contribution in [0.25, 0.3) is 0 Å². The number of aromatic nitrogens is 2. The number of nitrogens with one attached hydrogen (secondary N) is 1. The summed E-state index contributed by atoms with van der Waals surface area (Å²) in [5.41, 5.74) is 6.60. The van der Waals surface area contributed by atoms with Crippen molar-refractivity contribution in [3.05, 3.63) is 75.0 Å². The fourth-order valence-corrected chi connectivity index (χ4v) is 4.08. The molecule has 160 valence electrons. The number of hydrazone groups is 1. The number of phenolic OH excluding ortho intramolecular Hbond substituents is 1. The lowest BCUT2D eigenvalue weighted by Gasteiger charge is -2.06. The number of hydrogen-bond donors (Lipinski definition) is 2. The van der Waals surface area contributed by atoms with Crippen molar-refractivity contribution in [2.45, 2.75) is 24.8 Å². The summed E-state index contributed by atoms with van der Waals surface area (Å²) in [7, 11) is 1.46. The van der Waals surface area contributed by atoms with E-state index in [4.69, 9.17) is 4.74 Å². The quantitative estimate of drug-likeness (QED) is 0.212. The van der Waals surface area contributed by atoms with Gasteiger partial charge in [0.15, 0.2) is 16.7 Å². The smallest absolute Gasteiger partial charge is 0.271 e. The van der Waals surface area contributed by atoms with Crippen molar-refractivity contribution < 1.29 is 14.6 Å². The molecule has 0 saturated carbocycles. The van der Waals surface area contributed by atoms with Crippen LogP contribution in [0.4, 0.5) is 0 Å². The molecule has 0 bridgehead atoms. The lowest BCUT2D eigenvalue weighted by Crippen LogP contribution is -2.17. The lowest BCUT2D eigenvalue weighted by molar-refractivity contribution is 0.0955. The van der Waals surface area contributed by atoms with E-state index < -0.39 is 0 Å². The third-order valence-electron chi connectivity index (χ3n) is 4.20. The Hall–Kier alpha value is -2.91. The molecule has 1 amide bonds. The fourth-order valence-electron chi connectivity index (χ4n) is 2.71. The van der Waals surface area contributed by atoms with Crippen molar-refractivity contribution in [2.24, 2.45) is 5.10 Å². The van der Waals surface area contributed by atoms with Gasteiger partial charge >= 0.3 is 0 Å². The molecule has 2 N–H and O–H groups in total. The number of benzene rings is 2. The van der Waals surface area contributed by atoms with Crippen LogP contribution in [0.3, 0.4) is 0 Å². The Balaban J connectivity index is 1.57. The summed E-state index contributed by atoms with van der Waals surface area (Å²) in [6, 6.07) is 12.5. The summed E-state index contributed by atoms with van der Waals surface area (Å²) in [6.07, 6.45) is 1.47. The first-order valence-electron chi connectivity index (χ1n) is 9.29. The Kier molecular flexibility index (Phi) is 7.64. The van der Waals surface area contributed by atoms with Gasteiger partial charge in [0.1, 0.15) is 0 Å². The zero-order valence-electron chi connectivity index (χ0n) is 17.2. The molecule has 2 aromatic carbocycles. The number of carbonyl (C=O) groups is 1. The van der Waals surface area contributed by atoms with E-state index in [1.165, 1.54) is 13.3 Å². The number of rotatable bonds is 7. The number of hydrogen-bond acceptors (Lipinski definition) is 7. The molecule has 0 fully saturated rings. The van der Waals surface area contributed by atoms with Crippen molar-refractivity contribution in [1.82, 2.24) is 15.4 Å². The first-order valence-corrected chi connectivity index (χ1v) is 11.1. The lowest BCUT2D eigenvalue weighted by atomic mass is 10.1. The van der Waals surface area contributed by atoms with Crippen LogP contribution in [0.2, 0.25) is 0 Å². The van der Waals surface area contributed by atoms with Crippen LogP contribution in [0.1, 0.15) is 32.9 Å². The Morgan fingerprint density at radius 2 is 1.87 bits per heavy atom. The summed E-state index contributed by atoms with van der Waals surface area (Å²) in [4.78, 5) is 21.2. The van der Waals surface area contributed by atoms with Crippen LogP contribution in [-0.2, 0) is 5.75 Å². The molecule has 3 aromatic rings. The molecule has 0 aliphatic carbocycles. The molecule has 0 spiro atoms. The Morgan fingerprint density at radius 3 is 2.52 bits per heavy atom. The first-order chi connectivity index (χ1) is 14.9. The van der Waals surface area contributed by atoms with Gasteiger partial charge in [-0.1, -0.05) is 23.9 Å². The van der Waals surface area contributed by atoms with Crippen molar-refractivity contribution in [2.75, 3.05) is 7.11 Å². The highest BCUT2D eigenvalue weighted by molar-refractivity contribution is 9.10. The second-order valence-corrected chi connectivity index (χ2v) is 8.47. The van der Waals surface area contributed by atoms with Crippen LogP contribution >= 0.6 is 27.7 Å². The molecular formula is C22H21BrN4O3S. The normalized spacial score (nSPS) is 11.0. The van der Waals surface area contributed by atoms with Crippen molar-refractivity contribution in [3.8, 4) is 11.5 Å². The van der Waals surface area contributed by atoms with Gasteiger partial charge < -0.3 is 9.84 Å². The maximum Gasteiger partial charge on any atom is 0.271 e. The molecule has 0 aliphatic heterocycles. The largest absolute Gasteiger partial charge is 0.503 e. The molecule has 3 rings (SSSR count). The molecule has 0 atom stereocenters. The summed E-state index contributed by atoms with van der Waals surface area (Å²) < 4.78 is 5.57. The molecular weight excluding hydrogens is 480 g/mol. The predicted octanol–water partition coefficient (Wildman–Crippen LogP) is 4.63. The van der Waals surface area contributed by atoms with Crippen LogP contribution in [0.15, 0.2) is 57.2 Å². The van der Waals surface area contributed by atoms with Crippen LogP contribution in [-0.4, -0.2) is 34.3 Å². The van der Waals surface area contributed by atoms with Crippen LogP contribution in [0, 0.1) is 13.8 Å². The van der Waals surface area contributed by atoms with Crippen LogP contribution in [0.5, 0.6) is 11.5 Å². The van der Waals surface area contributed by atoms with E-state index in [1.807, 2.05) is 32.0 Å². The molecule has 0 aliphatic rings. The summed E-state index contributed by atoms with van der Waals surface area (Å²) in [5.74, 6) is 0.700. The fraction of sp³-hybridized carbons (Fsp3) is 0.182. The molecule has 0 unspecified atom stereocenters. The Bertz CT molecular complexity index is 1100.